The number of hydrogen-bond donors (Lipinski definition) is 0. The monoisotopic (exact) mass is 429 g/mol. The van der Waals surface area contributed by atoms with Crippen LogP contribution in [0.1, 0.15) is 26.3 Å². The number of hydrogen-bond acceptors (Lipinski definition) is 4. The Morgan fingerprint density at radius 3 is 1.97 bits per heavy atom. The molecule has 0 aliphatic carbocycles. The lowest BCUT2D eigenvalue weighted by molar-refractivity contribution is 0.590. The number of pyridine rings is 3. The predicted octanol–water partition coefficient (Wildman–Crippen LogP) is 6.48. The molecule has 0 N–H and O–H groups in total. The molecule has 0 amide bonds. The largest absolute Gasteiger partial charge is 0.292 e. The van der Waals surface area contributed by atoms with Crippen molar-refractivity contribution in [1.29, 1.82) is 0 Å². The predicted molar refractivity (Wildman–Crippen MR) is 134 cm³/mol. The molecular weight excluding hydrogens is 406 g/mol. The Balaban J connectivity index is 1.78. The molecule has 5 heteroatoms. The lowest BCUT2D eigenvalue weighted by Gasteiger charge is -2.20. The van der Waals surface area contributed by atoms with E-state index in [9.17, 15) is 0 Å². The summed E-state index contributed by atoms with van der Waals surface area (Å²) in [4.78, 5) is 18.8. The van der Waals surface area contributed by atoms with Gasteiger partial charge >= 0.3 is 0 Å². The van der Waals surface area contributed by atoms with E-state index in [-0.39, 0.29) is 5.41 Å². The number of aromatic nitrogens is 5. The van der Waals surface area contributed by atoms with Gasteiger partial charge in [0.05, 0.1) is 22.1 Å². The summed E-state index contributed by atoms with van der Waals surface area (Å²) in [5, 5.41) is 2.03. The van der Waals surface area contributed by atoms with Crippen LogP contribution in [0.25, 0.3) is 49.9 Å². The summed E-state index contributed by atoms with van der Waals surface area (Å²) >= 11 is 0. The molecule has 6 aromatic rings. The lowest BCUT2D eigenvalue weighted by atomic mass is 9.87. The number of rotatable bonds is 2. The third-order valence-electron chi connectivity index (χ3n) is 6.16. The van der Waals surface area contributed by atoms with Gasteiger partial charge in [0, 0.05) is 46.8 Å². The summed E-state index contributed by atoms with van der Waals surface area (Å²) in [6.07, 6.45) is 7.25. The second-order valence-electron chi connectivity index (χ2n) is 9.30. The summed E-state index contributed by atoms with van der Waals surface area (Å²) in [6, 6.07) is 20.9. The molecule has 0 bridgehead atoms. The minimum atomic E-state index is 0.0853. The van der Waals surface area contributed by atoms with Crippen molar-refractivity contribution < 1.29 is 0 Å². The maximum Gasteiger partial charge on any atom is 0.145 e. The van der Waals surface area contributed by atoms with Gasteiger partial charge in [0.2, 0.25) is 0 Å². The van der Waals surface area contributed by atoms with Gasteiger partial charge in [0.25, 0.3) is 0 Å². The Morgan fingerprint density at radius 2 is 1.30 bits per heavy atom. The molecule has 6 rings (SSSR count). The van der Waals surface area contributed by atoms with Crippen molar-refractivity contribution in [2.24, 2.45) is 0 Å². The zero-order valence-electron chi connectivity index (χ0n) is 18.8. The fraction of sp³-hybridized carbons (Fsp3) is 0.143. The van der Waals surface area contributed by atoms with Crippen molar-refractivity contribution in [3.63, 3.8) is 0 Å². The minimum Gasteiger partial charge on any atom is -0.292 e. The van der Waals surface area contributed by atoms with E-state index in [1.807, 2.05) is 36.7 Å². The molecule has 160 valence electrons. The van der Waals surface area contributed by atoms with Crippen LogP contribution in [0.15, 0.2) is 85.5 Å². The molecule has 0 saturated carbocycles. The Hall–Kier alpha value is -4.12. The quantitative estimate of drug-likeness (QED) is 0.296. The minimum absolute atomic E-state index is 0.0853. The molecule has 0 spiro atoms. The zero-order valence-corrected chi connectivity index (χ0v) is 18.8. The van der Waals surface area contributed by atoms with Crippen LogP contribution in [-0.4, -0.2) is 24.5 Å². The number of nitrogens with zero attached hydrogens (tertiary/aromatic N) is 5. The van der Waals surface area contributed by atoms with Crippen LogP contribution in [0.3, 0.4) is 0 Å². The first kappa shape index (κ1) is 19.6. The van der Waals surface area contributed by atoms with Crippen molar-refractivity contribution in [3.8, 4) is 17.1 Å². The second kappa shape index (κ2) is 7.20. The van der Waals surface area contributed by atoms with Crippen LogP contribution < -0.4 is 0 Å². The lowest BCUT2D eigenvalue weighted by Crippen LogP contribution is -2.11. The highest BCUT2D eigenvalue weighted by atomic mass is 15.1. The van der Waals surface area contributed by atoms with Crippen molar-refractivity contribution in [1.82, 2.24) is 24.5 Å². The Labute approximate surface area is 191 Å². The van der Waals surface area contributed by atoms with E-state index in [0.717, 1.165) is 49.9 Å². The van der Waals surface area contributed by atoms with Crippen LogP contribution in [0, 0.1) is 0 Å². The second-order valence-corrected chi connectivity index (χ2v) is 9.30. The van der Waals surface area contributed by atoms with Gasteiger partial charge in [0.1, 0.15) is 5.82 Å². The highest BCUT2D eigenvalue weighted by Crippen LogP contribution is 2.37. The van der Waals surface area contributed by atoms with Crippen LogP contribution in [0.2, 0.25) is 0 Å². The third kappa shape index (κ3) is 3.08. The average molecular weight is 430 g/mol. The van der Waals surface area contributed by atoms with E-state index < -0.39 is 0 Å². The van der Waals surface area contributed by atoms with Crippen LogP contribution in [-0.2, 0) is 5.41 Å². The first-order valence-corrected chi connectivity index (χ1v) is 11.1. The first-order chi connectivity index (χ1) is 16.0. The maximum atomic E-state index is 5.18. The van der Waals surface area contributed by atoms with Crippen molar-refractivity contribution in [2.75, 3.05) is 0 Å². The Kier molecular flexibility index (Phi) is 4.27. The zero-order chi connectivity index (χ0) is 22.6. The van der Waals surface area contributed by atoms with E-state index in [0.29, 0.717) is 0 Å². The topological polar surface area (TPSA) is 56.5 Å². The molecule has 33 heavy (non-hydrogen) atoms. The molecule has 2 aromatic carbocycles. The van der Waals surface area contributed by atoms with E-state index in [1.54, 1.807) is 12.4 Å². The Bertz CT molecular complexity index is 1630. The smallest absolute Gasteiger partial charge is 0.145 e. The van der Waals surface area contributed by atoms with Gasteiger partial charge in [-0.3, -0.25) is 19.5 Å². The third-order valence-corrected chi connectivity index (χ3v) is 6.16. The highest BCUT2D eigenvalue weighted by Gasteiger charge is 2.21. The molecular formula is C28H23N5. The van der Waals surface area contributed by atoms with Crippen molar-refractivity contribution in [3.05, 3.63) is 91.0 Å². The van der Waals surface area contributed by atoms with Crippen LogP contribution in [0.4, 0.5) is 0 Å². The summed E-state index contributed by atoms with van der Waals surface area (Å²) in [5.41, 5.74) is 7.16. The summed E-state index contributed by atoms with van der Waals surface area (Å²) in [7, 11) is 0. The van der Waals surface area contributed by atoms with Crippen molar-refractivity contribution in [2.45, 2.75) is 26.2 Å². The summed E-state index contributed by atoms with van der Waals surface area (Å²) in [6.45, 7) is 6.69. The molecule has 0 atom stereocenters. The number of fused-ring (bicyclic) bond motifs is 6. The van der Waals surface area contributed by atoms with Gasteiger partial charge in [-0.25, -0.2) is 4.98 Å². The maximum absolute atomic E-state index is 5.18. The Morgan fingerprint density at radius 1 is 0.667 bits per heavy atom. The van der Waals surface area contributed by atoms with E-state index in [4.69, 9.17) is 9.97 Å². The molecule has 4 aromatic heterocycles. The van der Waals surface area contributed by atoms with Gasteiger partial charge in [-0.2, -0.15) is 0 Å². The molecule has 0 unspecified atom stereocenters. The van der Waals surface area contributed by atoms with E-state index in [1.165, 1.54) is 5.56 Å². The van der Waals surface area contributed by atoms with Gasteiger partial charge in [-0.15, -0.1) is 0 Å². The van der Waals surface area contributed by atoms with Gasteiger partial charge in [-0.1, -0.05) is 32.9 Å². The molecule has 0 aliphatic rings. The molecule has 0 fully saturated rings. The summed E-state index contributed by atoms with van der Waals surface area (Å²) in [5.74, 6) is 0.873. The van der Waals surface area contributed by atoms with E-state index in [2.05, 4.69) is 71.7 Å². The van der Waals surface area contributed by atoms with E-state index >= 15 is 0 Å². The molecule has 0 saturated heterocycles. The number of benzene rings is 2. The normalized spacial score (nSPS) is 12.1. The molecule has 5 nitrogen and oxygen atoms in total. The van der Waals surface area contributed by atoms with Gasteiger partial charge in [0.15, 0.2) is 0 Å². The highest BCUT2D eigenvalue weighted by molar-refractivity contribution is 6.21. The van der Waals surface area contributed by atoms with Crippen LogP contribution in [0.5, 0.6) is 0 Å². The molecule has 0 radical (unpaired) electrons. The fourth-order valence-corrected chi connectivity index (χ4v) is 4.48. The van der Waals surface area contributed by atoms with Gasteiger partial charge < -0.3 is 0 Å². The molecule has 4 heterocycles. The first-order valence-electron chi connectivity index (χ1n) is 11.1. The SMILES string of the molecule is CC(C)(C)c1ccc(-n2c(-c3ccncc3)nc3c4cccnc4c4ncccc4c32)cc1. The molecule has 0 aliphatic heterocycles. The fourth-order valence-electron chi connectivity index (χ4n) is 4.48. The van der Waals surface area contributed by atoms with Gasteiger partial charge in [-0.05, 0) is 59.5 Å². The number of imidazole rings is 1. The average Bonchev–Trinajstić information content (AvgIpc) is 3.25. The van der Waals surface area contributed by atoms with Crippen LogP contribution >= 0.6 is 0 Å². The van der Waals surface area contributed by atoms with Crippen molar-refractivity contribution >= 4 is 32.8 Å². The standard InChI is InChI=1S/C28H23N5/c1-28(2,3)19-8-10-20(11-9-19)33-26-22-7-5-15-31-24(22)23-21(6-4-14-30-23)25(26)32-27(33)18-12-16-29-17-13-18/h4-17H,1-3H3. The summed E-state index contributed by atoms with van der Waals surface area (Å²) < 4.78 is 2.24.